The van der Waals surface area contributed by atoms with Gasteiger partial charge in [-0.3, -0.25) is 10.1 Å². The quantitative estimate of drug-likeness (QED) is 0.530. The number of thiazole rings is 1. The van der Waals surface area contributed by atoms with Crippen molar-refractivity contribution in [1.82, 2.24) is 4.98 Å². The fraction of sp³-hybridized carbons (Fsp3) is 0.0556. The lowest BCUT2D eigenvalue weighted by atomic mass is 10.1. The number of benzene rings is 2. The molecule has 2 aromatic heterocycles. The van der Waals surface area contributed by atoms with Crippen LogP contribution >= 0.6 is 22.9 Å². The summed E-state index contributed by atoms with van der Waals surface area (Å²) < 4.78 is 11.1. The number of amides is 1. The van der Waals surface area contributed by atoms with Crippen LogP contribution in [0.3, 0.4) is 0 Å². The molecule has 0 radical (unpaired) electrons. The molecule has 26 heavy (non-hydrogen) atoms. The van der Waals surface area contributed by atoms with E-state index in [4.69, 9.17) is 20.8 Å². The van der Waals surface area contributed by atoms with E-state index in [2.05, 4.69) is 10.3 Å². The van der Waals surface area contributed by atoms with E-state index < -0.39 is 11.5 Å². The molecular weight excluding hydrogens is 376 g/mol. The number of halogens is 1. The van der Waals surface area contributed by atoms with Crippen LogP contribution in [0.5, 0.6) is 5.75 Å². The Morgan fingerprint density at radius 2 is 2.08 bits per heavy atom. The third-order valence-corrected chi connectivity index (χ3v) is 4.94. The Hall–Kier alpha value is -2.90. The number of fused-ring (bicyclic) bond motifs is 2. The fourth-order valence-electron chi connectivity index (χ4n) is 2.57. The molecule has 0 aliphatic rings. The van der Waals surface area contributed by atoms with Crippen molar-refractivity contribution in [2.75, 3.05) is 12.4 Å². The van der Waals surface area contributed by atoms with E-state index in [-0.39, 0.29) is 11.1 Å². The smallest absolute Gasteiger partial charge is 0.337 e. The summed E-state index contributed by atoms with van der Waals surface area (Å²) in [6.07, 6.45) is 0. The summed E-state index contributed by atoms with van der Waals surface area (Å²) in [6.45, 7) is 0. The molecule has 1 N–H and O–H groups in total. The van der Waals surface area contributed by atoms with E-state index in [9.17, 15) is 9.59 Å². The number of carbonyl (C=O) groups is 1. The van der Waals surface area contributed by atoms with Crippen molar-refractivity contribution in [3.63, 3.8) is 0 Å². The summed E-state index contributed by atoms with van der Waals surface area (Å²) in [5.41, 5.74) is 0.595. The molecule has 0 unspecified atom stereocenters. The molecule has 8 heteroatoms. The number of nitrogens with zero attached hydrogens (tertiary/aromatic N) is 1. The Balaban J connectivity index is 1.74. The van der Waals surface area contributed by atoms with Crippen LogP contribution in [-0.2, 0) is 0 Å². The second-order valence-electron chi connectivity index (χ2n) is 5.43. The lowest BCUT2D eigenvalue weighted by Gasteiger charge is -2.06. The number of rotatable bonds is 3. The standard InChI is InChI=1S/C18H11ClN2O4S/c1-24-10-3-4-11-12(8-16(22)25-14(11)7-10)17(23)21-18-20-13-5-2-9(19)6-15(13)26-18/h2-8H,1H3,(H,20,21,23). The average molecular weight is 387 g/mol. The summed E-state index contributed by atoms with van der Waals surface area (Å²) in [5.74, 6) is 0.0829. The Bertz CT molecular complexity index is 1210. The van der Waals surface area contributed by atoms with Gasteiger partial charge in [0.1, 0.15) is 11.3 Å². The Morgan fingerprint density at radius 3 is 2.88 bits per heavy atom. The van der Waals surface area contributed by atoms with Gasteiger partial charge >= 0.3 is 5.63 Å². The zero-order chi connectivity index (χ0) is 18.3. The van der Waals surface area contributed by atoms with Crippen LogP contribution in [0.2, 0.25) is 5.02 Å². The molecule has 0 aliphatic carbocycles. The summed E-state index contributed by atoms with van der Waals surface area (Å²) in [5, 5.41) is 4.25. The summed E-state index contributed by atoms with van der Waals surface area (Å²) in [7, 11) is 1.51. The number of hydrogen-bond donors (Lipinski definition) is 1. The fourth-order valence-corrected chi connectivity index (χ4v) is 3.71. The maximum Gasteiger partial charge on any atom is 0.337 e. The lowest BCUT2D eigenvalue weighted by Crippen LogP contribution is -2.15. The maximum atomic E-state index is 12.7. The van der Waals surface area contributed by atoms with Gasteiger partial charge in [0.25, 0.3) is 5.91 Å². The van der Waals surface area contributed by atoms with Crippen molar-refractivity contribution in [1.29, 1.82) is 0 Å². The van der Waals surface area contributed by atoms with E-state index in [1.807, 2.05) is 0 Å². The first-order valence-corrected chi connectivity index (χ1v) is 8.72. The molecule has 0 aliphatic heterocycles. The van der Waals surface area contributed by atoms with Crippen LogP contribution in [0, 0.1) is 0 Å². The zero-order valence-corrected chi connectivity index (χ0v) is 15.0. The van der Waals surface area contributed by atoms with E-state index in [0.29, 0.717) is 21.3 Å². The number of anilines is 1. The van der Waals surface area contributed by atoms with Crippen LogP contribution in [-0.4, -0.2) is 18.0 Å². The van der Waals surface area contributed by atoms with Crippen LogP contribution in [0.4, 0.5) is 5.13 Å². The van der Waals surface area contributed by atoms with E-state index >= 15 is 0 Å². The molecule has 0 saturated carbocycles. The highest BCUT2D eigenvalue weighted by Crippen LogP contribution is 2.29. The highest BCUT2D eigenvalue weighted by molar-refractivity contribution is 7.22. The van der Waals surface area contributed by atoms with Gasteiger partial charge in [-0.05, 0) is 30.3 Å². The van der Waals surface area contributed by atoms with Crippen molar-refractivity contribution in [2.45, 2.75) is 0 Å². The van der Waals surface area contributed by atoms with Crippen molar-refractivity contribution >= 4 is 55.2 Å². The molecule has 130 valence electrons. The van der Waals surface area contributed by atoms with Crippen LogP contribution in [0.25, 0.3) is 21.2 Å². The predicted octanol–water partition coefficient (Wildman–Crippen LogP) is 4.32. The number of hydrogen-bond acceptors (Lipinski definition) is 6. The van der Waals surface area contributed by atoms with Gasteiger partial charge in [0.2, 0.25) is 0 Å². The number of nitrogens with one attached hydrogen (secondary N) is 1. The number of methoxy groups -OCH3 is 1. The molecule has 6 nitrogen and oxygen atoms in total. The van der Waals surface area contributed by atoms with Crippen molar-refractivity contribution in [2.24, 2.45) is 0 Å². The highest BCUT2D eigenvalue weighted by Gasteiger charge is 2.16. The van der Waals surface area contributed by atoms with Crippen LogP contribution < -0.4 is 15.7 Å². The molecule has 0 fully saturated rings. The van der Waals surface area contributed by atoms with Gasteiger partial charge in [0.05, 0.1) is 22.9 Å². The lowest BCUT2D eigenvalue weighted by molar-refractivity contribution is 0.102. The Kier molecular flexibility index (Phi) is 4.10. The maximum absolute atomic E-state index is 12.7. The molecule has 2 aromatic carbocycles. The molecule has 1 amide bonds. The molecule has 0 spiro atoms. The van der Waals surface area contributed by atoms with Gasteiger partial charge in [-0.2, -0.15) is 0 Å². The SMILES string of the molecule is COc1ccc2c(C(=O)Nc3nc4ccc(Cl)cc4s3)cc(=O)oc2c1. The van der Waals surface area contributed by atoms with Gasteiger partial charge in [-0.25, -0.2) is 9.78 Å². The summed E-state index contributed by atoms with van der Waals surface area (Å²) in [6, 6.07) is 11.4. The Labute approximate surface area is 156 Å². The van der Waals surface area contributed by atoms with E-state index in [0.717, 1.165) is 16.3 Å². The minimum absolute atomic E-state index is 0.205. The molecule has 0 atom stereocenters. The minimum atomic E-state index is -0.619. The van der Waals surface area contributed by atoms with Crippen molar-refractivity contribution in [3.8, 4) is 5.75 Å². The van der Waals surface area contributed by atoms with Gasteiger partial charge in [-0.1, -0.05) is 22.9 Å². The largest absolute Gasteiger partial charge is 0.497 e. The minimum Gasteiger partial charge on any atom is -0.497 e. The zero-order valence-electron chi connectivity index (χ0n) is 13.4. The van der Waals surface area contributed by atoms with Gasteiger partial charge < -0.3 is 9.15 Å². The molecular formula is C18H11ClN2O4S. The topological polar surface area (TPSA) is 81.4 Å². The van der Waals surface area contributed by atoms with Crippen molar-refractivity contribution in [3.05, 3.63) is 63.5 Å². The molecule has 2 heterocycles. The first-order chi connectivity index (χ1) is 12.5. The second-order valence-corrected chi connectivity index (χ2v) is 6.89. The first kappa shape index (κ1) is 16.6. The molecule has 0 saturated heterocycles. The first-order valence-electron chi connectivity index (χ1n) is 7.53. The van der Waals surface area contributed by atoms with E-state index in [1.54, 1.807) is 36.4 Å². The monoisotopic (exact) mass is 386 g/mol. The van der Waals surface area contributed by atoms with Gasteiger partial charge in [0.15, 0.2) is 5.13 Å². The van der Waals surface area contributed by atoms with Crippen molar-refractivity contribution < 1.29 is 13.9 Å². The van der Waals surface area contributed by atoms with E-state index in [1.165, 1.54) is 18.4 Å². The molecule has 0 bridgehead atoms. The van der Waals surface area contributed by atoms with Gasteiger partial charge in [0, 0.05) is 22.5 Å². The second kappa shape index (κ2) is 6.44. The number of carbonyl (C=O) groups excluding carboxylic acids is 1. The highest BCUT2D eigenvalue weighted by atomic mass is 35.5. The normalized spacial score (nSPS) is 11.0. The summed E-state index contributed by atoms with van der Waals surface area (Å²) >= 11 is 7.27. The molecule has 4 aromatic rings. The number of aromatic nitrogens is 1. The van der Waals surface area contributed by atoms with Crippen LogP contribution in [0.1, 0.15) is 10.4 Å². The summed E-state index contributed by atoms with van der Waals surface area (Å²) in [4.78, 5) is 28.9. The number of ether oxygens (including phenoxy) is 1. The van der Waals surface area contributed by atoms with Gasteiger partial charge in [-0.15, -0.1) is 0 Å². The third kappa shape index (κ3) is 3.02. The Morgan fingerprint density at radius 1 is 1.23 bits per heavy atom. The average Bonchev–Trinajstić information content (AvgIpc) is 3.01. The molecule has 4 rings (SSSR count). The third-order valence-electron chi connectivity index (χ3n) is 3.77. The predicted molar refractivity (Wildman–Crippen MR) is 102 cm³/mol. The van der Waals surface area contributed by atoms with Crippen LogP contribution in [0.15, 0.2) is 51.7 Å².